The maximum absolute atomic E-state index is 14.1. The number of hydrogen-bond donors (Lipinski definition) is 1. The number of amides is 1. The third-order valence-electron chi connectivity index (χ3n) is 6.61. The second-order valence-electron chi connectivity index (χ2n) is 9.43. The van der Waals surface area contributed by atoms with Crippen molar-refractivity contribution in [1.29, 1.82) is 0 Å². The van der Waals surface area contributed by atoms with Gasteiger partial charge in [0.2, 0.25) is 5.82 Å². The van der Waals surface area contributed by atoms with Crippen LogP contribution >= 0.6 is 0 Å². The van der Waals surface area contributed by atoms with E-state index < -0.39 is 38.5 Å². The maximum atomic E-state index is 14.1. The average Bonchev–Trinajstić information content (AvgIpc) is 3.47. The molecule has 1 N–H and O–H groups in total. The largest absolute Gasteiger partial charge is 0.451 e. The Morgan fingerprint density at radius 1 is 0.976 bits per heavy atom. The molecule has 2 aromatic heterocycles. The fourth-order valence-corrected chi connectivity index (χ4v) is 5.17. The van der Waals surface area contributed by atoms with Gasteiger partial charge in [-0.1, -0.05) is 47.6 Å². The second kappa shape index (κ2) is 10.8. The Labute approximate surface area is 236 Å². The van der Waals surface area contributed by atoms with Crippen molar-refractivity contribution in [2.24, 2.45) is 0 Å². The molecule has 218 valence electrons. The number of alkyl halides is 3. The number of benzene rings is 2. The standard InChI is InChI=1S/C26H22F3N7O5S/c1-42(40,41)18-9-7-17(8-10-18)22-21(16-5-3-2-4-6-16)23(31-25(30-22)26(27,28)29)34-11-13-35(14-12-34)24(37)19-15-20(33-32-19)36(38)39/h2-10,15H,11-14H2,1H3,(H,32,33). The Bertz CT molecular complexity index is 1750. The quantitative estimate of drug-likeness (QED) is 0.256. The van der Waals surface area contributed by atoms with E-state index in [-0.39, 0.29) is 53.8 Å². The normalized spacial score (nSPS) is 14.2. The van der Waals surface area contributed by atoms with Gasteiger partial charge in [-0.2, -0.15) is 13.2 Å². The fraction of sp³-hybridized carbons (Fsp3) is 0.231. The van der Waals surface area contributed by atoms with Crippen molar-refractivity contribution in [1.82, 2.24) is 25.1 Å². The molecule has 12 nitrogen and oxygen atoms in total. The van der Waals surface area contributed by atoms with Gasteiger partial charge in [0.15, 0.2) is 15.5 Å². The first-order valence-electron chi connectivity index (χ1n) is 12.4. The van der Waals surface area contributed by atoms with Crippen LogP contribution in [0.4, 0.5) is 24.8 Å². The van der Waals surface area contributed by atoms with Gasteiger partial charge in [0.05, 0.1) is 22.2 Å². The van der Waals surface area contributed by atoms with E-state index >= 15 is 0 Å². The number of nitro groups is 1. The molecule has 1 aliphatic rings. The first-order valence-corrected chi connectivity index (χ1v) is 14.3. The number of aromatic nitrogens is 4. The molecule has 0 radical (unpaired) electrons. The Hall–Kier alpha value is -4.86. The first-order chi connectivity index (χ1) is 19.8. The maximum Gasteiger partial charge on any atom is 0.451 e. The molecule has 1 amide bonds. The highest BCUT2D eigenvalue weighted by Gasteiger charge is 2.38. The van der Waals surface area contributed by atoms with Crippen LogP contribution in [0, 0.1) is 10.1 Å². The Morgan fingerprint density at radius 3 is 2.17 bits per heavy atom. The number of nitrogens with zero attached hydrogens (tertiary/aromatic N) is 6. The van der Waals surface area contributed by atoms with Crippen molar-refractivity contribution in [2.75, 3.05) is 37.3 Å². The molecule has 16 heteroatoms. The van der Waals surface area contributed by atoms with Crippen molar-refractivity contribution in [3.05, 3.63) is 82.3 Å². The minimum absolute atomic E-state index is 0.000805. The van der Waals surface area contributed by atoms with Crippen molar-refractivity contribution >= 4 is 27.4 Å². The SMILES string of the molecule is CS(=O)(=O)c1ccc(-c2nc(C(F)(F)F)nc(N3CCN(C(=O)c4cc([N+](=O)[O-])[nH]n4)CC3)c2-c2ccccc2)cc1. The number of sulfone groups is 1. The highest BCUT2D eigenvalue weighted by atomic mass is 32.2. The number of anilines is 1. The zero-order valence-electron chi connectivity index (χ0n) is 21.9. The number of hydrogen-bond acceptors (Lipinski definition) is 9. The van der Waals surface area contributed by atoms with Gasteiger partial charge in [-0.25, -0.2) is 18.4 Å². The van der Waals surface area contributed by atoms with E-state index in [1.54, 1.807) is 35.2 Å². The van der Waals surface area contributed by atoms with Crippen LogP contribution in [0.3, 0.4) is 0 Å². The third kappa shape index (κ3) is 5.79. The predicted octanol–water partition coefficient (Wildman–Crippen LogP) is 3.83. The fourth-order valence-electron chi connectivity index (χ4n) is 4.54. The monoisotopic (exact) mass is 601 g/mol. The highest BCUT2D eigenvalue weighted by Crippen LogP contribution is 2.40. The molecule has 0 bridgehead atoms. The van der Waals surface area contributed by atoms with Crippen molar-refractivity contribution < 1.29 is 31.3 Å². The number of carbonyl (C=O) groups is 1. The van der Waals surface area contributed by atoms with Crippen molar-refractivity contribution in [3.8, 4) is 22.4 Å². The minimum Gasteiger partial charge on any atom is -0.358 e. The van der Waals surface area contributed by atoms with Crippen LogP contribution in [0.25, 0.3) is 22.4 Å². The molecule has 0 aliphatic carbocycles. The summed E-state index contributed by atoms with van der Waals surface area (Å²) < 4.78 is 66.1. The first kappa shape index (κ1) is 28.7. The lowest BCUT2D eigenvalue weighted by molar-refractivity contribution is -0.389. The summed E-state index contributed by atoms with van der Waals surface area (Å²) in [6, 6.07) is 15.0. The molecule has 3 heterocycles. The summed E-state index contributed by atoms with van der Waals surface area (Å²) in [4.78, 5) is 33.9. The number of rotatable bonds is 6. The molecule has 0 saturated carbocycles. The van der Waals surface area contributed by atoms with E-state index in [4.69, 9.17) is 0 Å². The average molecular weight is 602 g/mol. The van der Waals surface area contributed by atoms with Crippen LogP contribution < -0.4 is 4.90 Å². The summed E-state index contributed by atoms with van der Waals surface area (Å²) >= 11 is 0. The molecule has 4 aromatic rings. The minimum atomic E-state index is -4.89. The van der Waals surface area contributed by atoms with Gasteiger partial charge < -0.3 is 19.9 Å². The zero-order chi connectivity index (χ0) is 30.2. The van der Waals surface area contributed by atoms with Crippen molar-refractivity contribution in [2.45, 2.75) is 11.1 Å². The molecule has 0 unspecified atom stereocenters. The van der Waals surface area contributed by atoms with Gasteiger partial charge in [-0.3, -0.25) is 4.79 Å². The van der Waals surface area contributed by atoms with Crippen LogP contribution in [-0.2, 0) is 16.0 Å². The number of nitrogens with one attached hydrogen (secondary N) is 1. The smallest absolute Gasteiger partial charge is 0.358 e. The lowest BCUT2D eigenvalue weighted by Crippen LogP contribution is -2.49. The van der Waals surface area contributed by atoms with E-state index in [9.17, 15) is 36.5 Å². The van der Waals surface area contributed by atoms with Crippen molar-refractivity contribution in [3.63, 3.8) is 0 Å². The summed E-state index contributed by atoms with van der Waals surface area (Å²) in [6.45, 7) is 0.354. The van der Waals surface area contributed by atoms with Crippen LogP contribution in [0.2, 0.25) is 0 Å². The zero-order valence-corrected chi connectivity index (χ0v) is 22.7. The van der Waals surface area contributed by atoms with Crippen LogP contribution in [-0.4, -0.2) is 76.7 Å². The number of aromatic amines is 1. The molecule has 2 aromatic carbocycles. The number of piperazine rings is 1. The van der Waals surface area contributed by atoms with E-state index in [1.165, 1.54) is 29.2 Å². The summed E-state index contributed by atoms with van der Waals surface area (Å²) in [6.07, 6.45) is -3.86. The molecule has 1 fully saturated rings. The van der Waals surface area contributed by atoms with Crippen LogP contribution in [0.1, 0.15) is 16.3 Å². The van der Waals surface area contributed by atoms with E-state index in [0.29, 0.717) is 11.1 Å². The third-order valence-corrected chi connectivity index (χ3v) is 7.74. The summed E-state index contributed by atoms with van der Waals surface area (Å²) in [5.41, 5.74) is 0.899. The molecule has 0 atom stereocenters. The lowest BCUT2D eigenvalue weighted by Gasteiger charge is -2.36. The van der Waals surface area contributed by atoms with Gasteiger partial charge in [-0.15, -0.1) is 5.10 Å². The summed E-state index contributed by atoms with van der Waals surface area (Å²) in [5, 5.41) is 16.8. The second-order valence-corrected chi connectivity index (χ2v) is 11.4. The van der Waals surface area contributed by atoms with Crippen LogP contribution in [0.15, 0.2) is 65.6 Å². The summed E-state index contributed by atoms with van der Waals surface area (Å²) in [7, 11) is -3.55. The molecule has 5 rings (SSSR count). The molecular weight excluding hydrogens is 579 g/mol. The van der Waals surface area contributed by atoms with Gasteiger partial charge in [0, 0.05) is 38.0 Å². The topological polar surface area (TPSA) is 155 Å². The van der Waals surface area contributed by atoms with Gasteiger partial charge >= 0.3 is 12.0 Å². The lowest BCUT2D eigenvalue weighted by atomic mass is 9.98. The number of halogens is 3. The molecule has 42 heavy (non-hydrogen) atoms. The van der Waals surface area contributed by atoms with Gasteiger partial charge in [-0.05, 0) is 22.6 Å². The van der Waals surface area contributed by atoms with E-state index in [1.807, 2.05) is 0 Å². The Kier molecular flexibility index (Phi) is 7.40. The molecule has 1 aliphatic heterocycles. The number of H-pyrrole nitrogens is 1. The molecule has 1 saturated heterocycles. The summed E-state index contributed by atoms with van der Waals surface area (Å²) in [5.74, 6) is -2.38. The Morgan fingerprint density at radius 2 is 1.62 bits per heavy atom. The van der Waals surface area contributed by atoms with Gasteiger partial charge in [0.25, 0.3) is 5.91 Å². The van der Waals surface area contributed by atoms with Gasteiger partial charge in [0.1, 0.15) is 5.82 Å². The van der Waals surface area contributed by atoms with E-state index in [2.05, 4.69) is 20.2 Å². The highest BCUT2D eigenvalue weighted by molar-refractivity contribution is 7.90. The Balaban J connectivity index is 1.56. The van der Waals surface area contributed by atoms with E-state index in [0.717, 1.165) is 12.3 Å². The number of carbonyl (C=O) groups excluding carboxylic acids is 1. The predicted molar refractivity (Wildman–Crippen MR) is 144 cm³/mol. The van der Waals surface area contributed by atoms with Crippen LogP contribution in [0.5, 0.6) is 0 Å². The molecule has 0 spiro atoms. The molecular formula is C26H22F3N7O5S.